The van der Waals surface area contributed by atoms with E-state index < -0.39 is 0 Å². The number of hydrogen-bond donors (Lipinski definition) is 1. The van der Waals surface area contributed by atoms with Crippen LogP contribution in [-0.2, 0) is 16.0 Å². The zero-order chi connectivity index (χ0) is 26.4. The highest BCUT2D eigenvalue weighted by Gasteiger charge is 2.31. The largest absolute Gasteiger partial charge is 0.352 e. The van der Waals surface area contributed by atoms with E-state index in [1.165, 1.54) is 0 Å². The number of benzene rings is 1. The van der Waals surface area contributed by atoms with Crippen LogP contribution < -0.4 is 15.8 Å². The van der Waals surface area contributed by atoms with Crippen LogP contribution >= 0.6 is 11.6 Å². The van der Waals surface area contributed by atoms with Crippen LogP contribution in [0, 0.1) is 12.8 Å². The quantitative estimate of drug-likeness (QED) is 0.411. The lowest BCUT2D eigenvalue weighted by Gasteiger charge is -2.19. The molecule has 8 heteroatoms. The normalized spacial score (nSPS) is 16.7. The van der Waals surface area contributed by atoms with E-state index in [1.807, 2.05) is 51.4 Å². The minimum Gasteiger partial charge on any atom is -0.352 e. The monoisotopic (exact) mass is 510 g/mol. The van der Waals surface area contributed by atoms with Crippen molar-refractivity contribution >= 4 is 29.1 Å². The SMILES string of the molecule is C/C(Cl)=C\C=C(/C)C(=O)NC[C@@H]1CC(=O)N(c2ccc(-n3cccc(CCN(C)C)c3=O)c(C)c2)C1. The summed E-state index contributed by atoms with van der Waals surface area (Å²) in [6.45, 7) is 7.17. The number of aryl methyl sites for hydroxylation is 1. The lowest BCUT2D eigenvalue weighted by atomic mass is 10.1. The molecule has 1 atom stereocenters. The molecule has 0 aliphatic carbocycles. The number of carbonyl (C=O) groups excluding carboxylic acids is 2. The number of pyridine rings is 1. The van der Waals surface area contributed by atoms with Crippen molar-refractivity contribution in [3.8, 4) is 5.69 Å². The van der Waals surface area contributed by atoms with Crippen LogP contribution in [0.3, 0.4) is 0 Å². The highest BCUT2D eigenvalue weighted by atomic mass is 35.5. The predicted molar refractivity (Wildman–Crippen MR) is 146 cm³/mol. The van der Waals surface area contributed by atoms with E-state index in [1.54, 1.807) is 41.7 Å². The van der Waals surface area contributed by atoms with Crippen LogP contribution in [0.15, 0.2) is 64.1 Å². The van der Waals surface area contributed by atoms with Crippen LogP contribution in [0.25, 0.3) is 5.69 Å². The maximum atomic E-state index is 13.1. The van der Waals surface area contributed by atoms with E-state index in [2.05, 4.69) is 10.2 Å². The highest BCUT2D eigenvalue weighted by molar-refractivity contribution is 6.29. The molecule has 7 nitrogen and oxygen atoms in total. The van der Waals surface area contributed by atoms with Crippen molar-refractivity contribution < 1.29 is 9.59 Å². The average molecular weight is 511 g/mol. The van der Waals surface area contributed by atoms with Crippen molar-refractivity contribution in [3.63, 3.8) is 0 Å². The van der Waals surface area contributed by atoms with E-state index in [-0.39, 0.29) is 23.3 Å². The molecule has 1 saturated heterocycles. The third-order valence-electron chi connectivity index (χ3n) is 6.28. The molecule has 0 unspecified atom stereocenters. The molecule has 0 bridgehead atoms. The zero-order valence-electron chi connectivity index (χ0n) is 21.7. The first-order valence-electron chi connectivity index (χ1n) is 12.1. The van der Waals surface area contributed by atoms with Gasteiger partial charge in [0.1, 0.15) is 0 Å². The fourth-order valence-corrected chi connectivity index (χ4v) is 4.26. The van der Waals surface area contributed by atoms with Crippen LogP contribution in [0.1, 0.15) is 31.4 Å². The van der Waals surface area contributed by atoms with Crippen LogP contribution in [0.2, 0.25) is 0 Å². The van der Waals surface area contributed by atoms with Crippen LogP contribution in [0.4, 0.5) is 5.69 Å². The van der Waals surface area contributed by atoms with Gasteiger partial charge in [-0.05, 0) is 77.2 Å². The minimum atomic E-state index is -0.173. The third kappa shape index (κ3) is 6.95. The summed E-state index contributed by atoms with van der Waals surface area (Å²) in [6, 6.07) is 9.49. The van der Waals surface area contributed by atoms with Gasteiger partial charge in [0.15, 0.2) is 0 Å². The number of nitrogens with one attached hydrogen (secondary N) is 1. The standard InChI is InChI=1S/C28H35ClN4O3/c1-19(8-9-21(3)29)27(35)30-17-22-16-26(34)33(18-22)24-10-11-25(20(2)15-24)32-13-6-7-23(28(32)36)12-14-31(4)5/h6-11,13,15,22H,12,14,16-18H2,1-5H3,(H,30,35)/b19-8+,21-9+/t22-/m0/s1. The zero-order valence-corrected chi connectivity index (χ0v) is 22.4. The van der Waals surface area contributed by atoms with E-state index in [0.717, 1.165) is 29.0 Å². The van der Waals surface area contributed by atoms with Gasteiger partial charge in [0.05, 0.1) is 5.69 Å². The van der Waals surface area contributed by atoms with Gasteiger partial charge in [-0.2, -0.15) is 0 Å². The van der Waals surface area contributed by atoms with Crippen molar-refractivity contribution in [3.05, 3.63) is 80.8 Å². The Labute approximate surface area is 218 Å². The number of aromatic nitrogens is 1. The molecule has 3 rings (SSSR count). The fourth-order valence-electron chi connectivity index (χ4n) is 4.20. The first kappa shape index (κ1) is 27.4. The van der Waals surface area contributed by atoms with E-state index in [9.17, 15) is 14.4 Å². The summed E-state index contributed by atoms with van der Waals surface area (Å²) in [4.78, 5) is 41.9. The van der Waals surface area contributed by atoms with Gasteiger partial charge in [-0.1, -0.05) is 23.7 Å². The van der Waals surface area contributed by atoms with E-state index >= 15 is 0 Å². The third-order valence-corrected chi connectivity index (χ3v) is 6.41. The summed E-state index contributed by atoms with van der Waals surface area (Å²) in [5.74, 6) is -0.124. The molecule has 1 aromatic carbocycles. The molecule has 1 aromatic heterocycles. The van der Waals surface area contributed by atoms with Crippen molar-refractivity contribution in [1.29, 1.82) is 0 Å². The number of likely N-dealkylation sites (N-methyl/N-ethyl adjacent to an activating group) is 1. The second-order valence-corrected chi connectivity index (χ2v) is 10.2. The van der Waals surface area contributed by atoms with Crippen molar-refractivity contribution in [2.24, 2.45) is 5.92 Å². The smallest absolute Gasteiger partial charge is 0.258 e. The summed E-state index contributed by atoms with van der Waals surface area (Å²) in [6.07, 6.45) is 6.19. The van der Waals surface area contributed by atoms with Gasteiger partial charge in [0.25, 0.3) is 5.56 Å². The van der Waals surface area contributed by atoms with E-state index in [0.29, 0.717) is 36.5 Å². The highest BCUT2D eigenvalue weighted by Crippen LogP contribution is 2.27. The molecular formula is C28H35ClN4O3. The van der Waals surface area contributed by atoms with Crippen LogP contribution in [-0.4, -0.2) is 55.0 Å². The topological polar surface area (TPSA) is 74.7 Å². The van der Waals surface area contributed by atoms with Crippen LogP contribution in [0.5, 0.6) is 0 Å². The van der Waals surface area contributed by atoms with Gasteiger partial charge in [0, 0.05) is 60.0 Å². The molecule has 2 heterocycles. The Bertz CT molecular complexity index is 1240. The molecule has 36 heavy (non-hydrogen) atoms. The number of anilines is 1. The molecule has 2 amide bonds. The second-order valence-electron chi connectivity index (χ2n) is 9.62. The Kier molecular flexibility index (Phi) is 9.29. The number of hydrogen-bond acceptors (Lipinski definition) is 4. The summed E-state index contributed by atoms with van der Waals surface area (Å²) >= 11 is 5.81. The Hall–Kier alpha value is -3.16. The summed E-state index contributed by atoms with van der Waals surface area (Å²) in [5.41, 5.74) is 3.81. The molecule has 0 spiro atoms. The Morgan fingerprint density at radius 3 is 2.61 bits per heavy atom. The van der Waals surface area contributed by atoms with Gasteiger partial charge in [-0.15, -0.1) is 0 Å². The molecule has 0 saturated carbocycles. The Balaban J connectivity index is 1.70. The average Bonchev–Trinajstić information content (AvgIpc) is 3.20. The van der Waals surface area contributed by atoms with Gasteiger partial charge in [0.2, 0.25) is 11.8 Å². The van der Waals surface area contributed by atoms with Crippen molar-refractivity contribution in [2.75, 3.05) is 38.6 Å². The summed E-state index contributed by atoms with van der Waals surface area (Å²) < 4.78 is 1.67. The number of nitrogens with zero attached hydrogens (tertiary/aromatic N) is 3. The Morgan fingerprint density at radius 1 is 1.19 bits per heavy atom. The van der Waals surface area contributed by atoms with Gasteiger partial charge in [-0.25, -0.2) is 0 Å². The Morgan fingerprint density at radius 2 is 1.94 bits per heavy atom. The number of rotatable bonds is 9. The lowest BCUT2D eigenvalue weighted by molar-refractivity contribution is -0.119. The van der Waals surface area contributed by atoms with Gasteiger partial charge >= 0.3 is 0 Å². The van der Waals surface area contributed by atoms with Gasteiger partial charge in [-0.3, -0.25) is 19.0 Å². The molecule has 1 N–H and O–H groups in total. The maximum absolute atomic E-state index is 13.1. The van der Waals surface area contributed by atoms with E-state index in [4.69, 9.17) is 11.6 Å². The van der Waals surface area contributed by atoms with Crippen molar-refractivity contribution in [1.82, 2.24) is 14.8 Å². The maximum Gasteiger partial charge on any atom is 0.258 e. The minimum absolute atomic E-state index is 0.0236. The van der Waals surface area contributed by atoms with Crippen molar-refractivity contribution in [2.45, 2.75) is 33.6 Å². The fraction of sp³-hybridized carbons (Fsp3) is 0.393. The first-order valence-corrected chi connectivity index (χ1v) is 12.5. The summed E-state index contributed by atoms with van der Waals surface area (Å²) in [7, 11) is 3.98. The van der Waals surface area contributed by atoms with Gasteiger partial charge < -0.3 is 15.1 Å². The molecule has 1 aliphatic rings. The molecular weight excluding hydrogens is 476 g/mol. The number of carbonyl (C=O) groups is 2. The number of allylic oxidation sites excluding steroid dienone is 3. The lowest BCUT2D eigenvalue weighted by Crippen LogP contribution is -2.31. The second kappa shape index (κ2) is 12.2. The predicted octanol–water partition coefficient (Wildman–Crippen LogP) is 3.81. The molecule has 1 fully saturated rings. The molecule has 1 aliphatic heterocycles. The number of amides is 2. The summed E-state index contributed by atoms with van der Waals surface area (Å²) in [5, 5.41) is 3.51. The molecule has 0 radical (unpaired) electrons. The molecule has 2 aromatic rings. The first-order chi connectivity index (χ1) is 17.1. The molecule has 192 valence electrons. The number of halogens is 1.